The Morgan fingerprint density at radius 1 is 1.41 bits per heavy atom. The van der Waals surface area contributed by atoms with Crippen LogP contribution in [0.2, 0.25) is 5.02 Å². The molecule has 3 N–H and O–H groups in total. The van der Waals surface area contributed by atoms with Crippen LogP contribution in [0.1, 0.15) is 18.5 Å². The molecule has 1 aromatic carbocycles. The second kappa shape index (κ2) is 8.12. The van der Waals surface area contributed by atoms with Crippen molar-refractivity contribution in [3.8, 4) is 0 Å². The summed E-state index contributed by atoms with van der Waals surface area (Å²) in [7, 11) is 0. The van der Waals surface area contributed by atoms with E-state index in [1.54, 1.807) is 6.92 Å². The van der Waals surface area contributed by atoms with E-state index in [1.165, 1.54) is 0 Å². The van der Waals surface area contributed by atoms with Crippen LogP contribution in [0.5, 0.6) is 0 Å². The minimum absolute atomic E-state index is 0.0161. The summed E-state index contributed by atoms with van der Waals surface area (Å²) >= 11 is 6.27. The Balaban J connectivity index is 2.03. The van der Waals surface area contributed by atoms with Crippen LogP contribution in [-0.2, 0) is 4.79 Å². The third-order valence-electron chi connectivity index (χ3n) is 3.56. The van der Waals surface area contributed by atoms with Crippen LogP contribution >= 0.6 is 11.6 Å². The Bertz CT molecular complexity index is 538. The van der Waals surface area contributed by atoms with Gasteiger partial charge in [-0.25, -0.2) is 4.79 Å². The molecule has 3 amide bonds. The van der Waals surface area contributed by atoms with Crippen LogP contribution in [0.3, 0.4) is 0 Å². The third-order valence-corrected chi connectivity index (χ3v) is 3.90. The first-order valence-electron chi connectivity index (χ1n) is 7.38. The van der Waals surface area contributed by atoms with Gasteiger partial charge in [-0.3, -0.25) is 15.0 Å². The normalized spacial score (nSPS) is 18.7. The second-order valence-corrected chi connectivity index (χ2v) is 5.53. The van der Waals surface area contributed by atoms with Gasteiger partial charge in [-0.05, 0) is 18.6 Å². The molecule has 6 nitrogen and oxygen atoms in total. The van der Waals surface area contributed by atoms with E-state index in [1.807, 2.05) is 29.2 Å². The SMILES string of the molecule is CCNC(=O)NC(=O)CN1CCNCC1c1ccccc1Cl. The number of urea groups is 1. The van der Waals surface area contributed by atoms with Gasteiger partial charge >= 0.3 is 6.03 Å². The van der Waals surface area contributed by atoms with Gasteiger partial charge in [0.1, 0.15) is 0 Å². The number of carbonyl (C=O) groups is 2. The van der Waals surface area contributed by atoms with E-state index < -0.39 is 6.03 Å². The van der Waals surface area contributed by atoms with Crippen molar-refractivity contribution in [2.24, 2.45) is 0 Å². The molecule has 1 atom stereocenters. The number of hydrogen-bond acceptors (Lipinski definition) is 4. The predicted molar refractivity (Wildman–Crippen MR) is 85.9 cm³/mol. The number of benzene rings is 1. The van der Waals surface area contributed by atoms with Crippen molar-refractivity contribution in [2.75, 3.05) is 32.7 Å². The fraction of sp³-hybridized carbons (Fsp3) is 0.467. The standard InChI is InChI=1S/C15H21ClN4O2/c1-2-18-15(22)19-14(21)10-20-8-7-17-9-13(20)11-5-3-4-6-12(11)16/h3-6,13,17H,2,7-10H2,1H3,(H2,18,19,21,22). The number of hydrogen-bond donors (Lipinski definition) is 3. The molecule has 1 fully saturated rings. The second-order valence-electron chi connectivity index (χ2n) is 5.12. The molecular formula is C15H21ClN4O2. The smallest absolute Gasteiger partial charge is 0.321 e. The highest BCUT2D eigenvalue weighted by Crippen LogP contribution is 2.28. The van der Waals surface area contributed by atoms with Gasteiger partial charge in [0, 0.05) is 37.2 Å². The number of nitrogens with zero attached hydrogens (tertiary/aromatic N) is 1. The fourth-order valence-corrected chi connectivity index (χ4v) is 2.80. The monoisotopic (exact) mass is 324 g/mol. The molecule has 1 unspecified atom stereocenters. The highest BCUT2D eigenvalue weighted by Gasteiger charge is 2.27. The molecule has 0 spiro atoms. The Morgan fingerprint density at radius 3 is 2.91 bits per heavy atom. The molecule has 0 saturated carbocycles. The molecule has 0 aromatic heterocycles. The number of rotatable bonds is 4. The zero-order chi connectivity index (χ0) is 15.9. The lowest BCUT2D eigenvalue weighted by molar-refractivity contribution is -0.122. The van der Waals surface area contributed by atoms with E-state index in [4.69, 9.17) is 11.6 Å². The van der Waals surface area contributed by atoms with Gasteiger partial charge in [0.2, 0.25) is 5.91 Å². The number of piperazine rings is 1. The van der Waals surface area contributed by atoms with E-state index in [0.29, 0.717) is 11.6 Å². The number of imide groups is 1. The van der Waals surface area contributed by atoms with Crippen LogP contribution in [0.4, 0.5) is 4.79 Å². The van der Waals surface area contributed by atoms with Crippen molar-refractivity contribution in [1.29, 1.82) is 0 Å². The Hall–Kier alpha value is -1.63. The topological polar surface area (TPSA) is 73.5 Å². The van der Waals surface area contributed by atoms with E-state index in [-0.39, 0.29) is 18.5 Å². The minimum atomic E-state index is -0.461. The summed E-state index contributed by atoms with van der Waals surface area (Å²) in [4.78, 5) is 25.4. The van der Waals surface area contributed by atoms with E-state index >= 15 is 0 Å². The number of nitrogens with one attached hydrogen (secondary N) is 3. The summed E-state index contributed by atoms with van der Waals surface area (Å²) in [5, 5.41) is 8.87. The predicted octanol–water partition coefficient (Wildman–Crippen LogP) is 1.13. The van der Waals surface area contributed by atoms with E-state index in [9.17, 15) is 9.59 Å². The molecule has 0 bridgehead atoms. The molecule has 1 saturated heterocycles. The summed E-state index contributed by atoms with van der Waals surface area (Å²) < 4.78 is 0. The molecule has 2 rings (SSSR count). The average molecular weight is 325 g/mol. The average Bonchev–Trinajstić information content (AvgIpc) is 2.48. The molecule has 22 heavy (non-hydrogen) atoms. The van der Waals surface area contributed by atoms with Crippen molar-refractivity contribution in [1.82, 2.24) is 20.9 Å². The summed E-state index contributed by atoms with van der Waals surface area (Å²) in [6.07, 6.45) is 0. The van der Waals surface area contributed by atoms with Crippen LogP contribution in [0.25, 0.3) is 0 Å². The summed E-state index contributed by atoms with van der Waals surface area (Å²) in [6, 6.07) is 7.18. The number of amides is 3. The molecule has 1 aromatic rings. The first-order chi connectivity index (χ1) is 10.6. The highest BCUT2D eigenvalue weighted by molar-refractivity contribution is 6.31. The van der Waals surface area contributed by atoms with Crippen molar-refractivity contribution < 1.29 is 9.59 Å². The molecule has 120 valence electrons. The van der Waals surface area contributed by atoms with E-state index in [0.717, 1.165) is 25.2 Å². The van der Waals surface area contributed by atoms with Crippen molar-refractivity contribution in [3.63, 3.8) is 0 Å². The van der Waals surface area contributed by atoms with Gasteiger partial charge in [-0.1, -0.05) is 29.8 Å². The largest absolute Gasteiger partial charge is 0.338 e. The number of halogens is 1. The van der Waals surface area contributed by atoms with Crippen LogP contribution in [0, 0.1) is 0 Å². The Kier molecular flexibility index (Phi) is 6.18. The maximum Gasteiger partial charge on any atom is 0.321 e. The van der Waals surface area contributed by atoms with Crippen LogP contribution in [0.15, 0.2) is 24.3 Å². The molecule has 7 heteroatoms. The lowest BCUT2D eigenvalue weighted by Crippen LogP contribution is -2.51. The Labute approximate surface area is 135 Å². The highest BCUT2D eigenvalue weighted by atomic mass is 35.5. The molecule has 0 aliphatic carbocycles. The summed E-state index contributed by atoms with van der Waals surface area (Å²) in [6.45, 7) is 4.68. The number of carbonyl (C=O) groups excluding carboxylic acids is 2. The van der Waals surface area contributed by atoms with Gasteiger partial charge in [-0.2, -0.15) is 0 Å². The van der Waals surface area contributed by atoms with Crippen molar-refractivity contribution >= 4 is 23.5 Å². The van der Waals surface area contributed by atoms with E-state index in [2.05, 4.69) is 16.0 Å². The van der Waals surface area contributed by atoms with Gasteiger partial charge in [0.15, 0.2) is 0 Å². The lowest BCUT2D eigenvalue weighted by Gasteiger charge is -2.36. The fourth-order valence-electron chi connectivity index (χ4n) is 2.54. The van der Waals surface area contributed by atoms with Gasteiger partial charge in [-0.15, -0.1) is 0 Å². The zero-order valence-corrected chi connectivity index (χ0v) is 13.3. The van der Waals surface area contributed by atoms with Gasteiger partial charge < -0.3 is 10.6 Å². The zero-order valence-electron chi connectivity index (χ0n) is 12.6. The maximum atomic E-state index is 12.0. The van der Waals surface area contributed by atoms with Crippen molar-refractivity contribution in [3.05, 3.63) is 34.9 Å². The Morgan fingerprint density at radius 2 is 2.18 bits per heavy atom. The summed E-state index contributed by atoms with van der Waals surface area (Å²) in [5.74, 6) is -0.315. The third kappa shape index (κ3) is 4.43. The molecule has 0 radical (unpaired) electrons. The van der Waals surface area contributed by atoms with Crippen LogP contribution in [-0.4, -0.2) is 49.6 Å². The molecule has 1 aliphatic rings. The minimum Gasteiger partial charge on any atom is -0.338 e. The molecule has 1 aliphatic heterocycles. The summed E-state index contributed by atoms with van der Waals surface area (Å²) in [5.41, 5.74) is 0.988. The van der Waals surface area contributed by atoms with Crippen LogP contribution < -0.4 is 16.0 Å². The molecular weight excluding hydrogens is 304 g/mol. The van der Waals surface area contributed by atoms with Crippen molar-refractivity contribution in [2.45, 2.75) is 13.0 Å². The maximum absolute atomic E-state index is 12.0. The molecule has 1 heterocycles. The van der Waals surface area contributed by atoms with Gasteiger partial charge in [0.25, 0.3) is 0 Å². The van der Waals surface area contributed by atoms with Gasteiger partial charge in [0.05, 0.1) is 6.54 Å². The first-order valence-corrected chi connectivity index (χ1v) is 7.76. The quantitative estimate of drug-likeness (QED) is 0.776. The first kappa shape index (κ1) is 16.7. The lowest BCUT2D eigenvalue weighted by atomic mass is 10.0.